The van der Waals surface area contributed by atoms with Crippen LogP contribution >= 0.6 is 15.9 Å². The number of halogens is 4. The second-order valence-corrected chi connectivity index (χ2v) is 6.18. The van der Waals surface area contributed by atoms with E-state index in [1.165, 1.54) is 6.07 Å². The molecule has 1 nitrogen and oxygen atoms in total. The molecule has 1 aromatic carbocycles. The highest BCUT2D eigenvalue weighted by molar-refractivity contribution is 9.08. The molecule has 0 N–H and O–H groups in total. The van der Waals surface area contributed by atoms with E-state index in [-0.39, 0.29) is 11.7 Å². The predicted molar refractivity (Wildman–Crippen MR) is 81.4 cm³/mol. The van der Waals surface area contributed by atoms with Crippen LogP contribution in [0.1, 0.15) is 38.8 Å². The highest BCUT2D eigenvalue weighted by Gasteiger charge is 2.35. The molecule has 0 aliphatic heterocycles. The highest BCUT2D eigenvalue weighted by Crippen LogP contribution is 2.38. The van der Waals surface area contributed by atoms with Crippen molar-refractivity contribution in [2.75, 3.05) is 11.4 Å². The Hall–Kier alpha value is -0.710. The summed E-state index contributed by atoms with van der Waals surface area (Å²) in [5, 5.41) is 0.419. The van der Waals surface area contributed by atoms with Crippen LogP contribution in [0.25, 0.3) is 0 Å². The van der Waals surface area contributed by atoms with Crippen LogP contribution in [-0.4, -0.2) is 12.6 Å². The zero-order valence-electron chi connectivity index (χ0n) is 12.3. The van der Waals surface area contributed by atoms with Crippen LogP contribution in [0.4, 0.5) is 18.9 Å². The molecule has 5 heteroatoms. The quantitative estimate of drug-likeness (QED) is 0.635. The number of rotatable bonds is 5. The number of hydrogen-bond acceptors (Lipinski definition) is 1. The van der Waals surface area contributed by atoms with Gasteiger partial charge in [0.15, 0.2) is 0 Å². The van der Waals surface area contributed by atoms with Crippen LogP contribution in [0.2, 0.25) is 0 Å². The molecule has 0 spiro atoms. The average molecular weight is 352 g/mol. The summed E-state index contributed by atoms with van der Waals surface area (Å²) in [4.78, 5) is 1.82. The highest BCUT2D eigenvalue weighted by atomic mass is 79.9. The van der Waals surface area contributed by atoms with Crippen molar-refractivity contribution in [2.24, 2.45) is 5.92 Å². The topological polar surface area (TPSA) is 3.24 Å². The van der Waals surface area contributed by atoms with Crippen molar-refractivity contribution in [3.05, 3.63) is 29.3 Å². The first-order valence-electron chi connectivity index (χ1n) is 6.69. The average Bonchev–Trinajstić information content (AvgIpc) is 2.33. The molecule has 20 heavy (non-hydrogen) atoms. The van der Waals surface area contributed by atoms with Crippen LogP contribution in [0.5, 0.6) is 0 Å². The summed E-state index contributed by atoms with van der Waals surface area (Å²) in [6, 6.07) is 4.59. The lowest BCUT2D eigenvalue weighted by atomic mass is 10.0. The molecule has 0 aromatic heterocycles. The SMILES string of the molecule is CC(C)CN(c1ccc(CBr)cc1C(F)(F)F)C(C)C. The Morgan fingerprint density at radius 1 is 1.15 bits per heavy atom. The van der Waals surface area contributed by atoms with Gasteiger partial charge in [0.05, 0.1) is 5.56 Å². The Bertz CT molecular complexity index is 441. The Morgan fingerprint density at radius 3 is 2.15 bits per heavy atom. The van der Waals surface area contributed by atoms with Crippen molar-refractivity contribution in [2.45, 2.75) is 45.2 Å². The minimum Gasteiger partial charge on any atom is -0.368 e. The second kappa shape index (κ2) is 6.83. The lowest BCUT2D eigenvalue weighted by Gasteiger charge is -2.33. The maximum atomic E-state index is 13.3. The standard InChI is InChI=1S/C15H21BrF3N/c1-10(2)9-20(11(3)4)14-6-5-12(8-16)7-13(14)15(17,18)19/h5-7,10-11H,8-9H2,1-4H3. The van der Waals surface area contributed by atoms with Gasteiger partial charge in [-0.15, -0.1) is 0 Å². The molecular weight excluding hydrogens is 331 g/mol. The van der Waals surface area contributed by atoms with E-state index >= 15 is 0 Å². The van der Waals surface area contributed by atoms with Gasteiger partial charge in [-0.05, 0) is 37.5 Å². The predicted octanol–water partition coefficient (Wildman–Crippen LogP) is 5.47. The van der Waals surface area contributed by atoms with Gasteiger partial charge in [-0.25, -0.2) is 0 Å². The fourth-order valence-corrected chi connectivity index (χ4v) is 2.47. The Kier molecular flexibility index (Phi) is 5.92. The summed E-state index contributed by atoms with van der Waals surface area (Å²) in [5.74, 6) is 0.300. The zero-order valence-corrected chi connectivity index (χ0v) is 13.8. The molecule has 0 saturated heterocycles. The normalized spacial score (nSPS) is 12.3. The van der Waals surface area contributed by atoms with Gasteiger partial charge in [-0.1, -0.05) is 35.8 Å². The molecule has 114 valence electrons. The van der Waals surface area contributed by atoms with E-state index in [1.54, 1.807) is 12.1 Å². The van der Waals surface area contributed by atoms with Crippen molar-refractivity contribution < 1.29 is 13.2 Å². The van der Waals surface area contributed by atoms with Gasteiger partial charge in [-0.2, -0.15) is 13.2 Å². The number of alkyl halides is 4. The number of nitrogens with zero attached hydrogens (tertiary/aromatic N) is 1. The molecule has 1 rings (SSSR count). The first kappa shape index (κ1) is 17.3. The van der Waals surface area contributed by atoms with Gasteiger partial charge in [0.25, 0.3) is 0 Å². The van der Waals surface area contributed by atoms with Crippen molar-refractivity contribution in [3.8, 4) is 0 Å². The molecule has 0 aliphatic rings. The van der Waals surface area contributed by atoms with Crippen molar-refractivity contribution in [3.63, 3.8) is 0 Å². The van der Waals surface area contributed by atoms with Crippen LogP contribution in [0.15, 0.2) is 18.2 Å². The van der Waals surface area contributed by atoms with E-state index in [1.807, 2.05) is 32.6 Å². The molecule has 0 heterocycles. The second-order valence-electron chi connectivity index (χ2n) is 5.62. The third kappa shape index (κ3) is 4.40. The summed E-state index contributed by atoms with van der Waals surface area (Å²) in [7, 11) is 0. The molecule has 0 unspecified atom stereocenters. The molecule has 0 atom stereocenters. The molecule has 0 radical (unpaired) electrons. The van der Waals surface area contributed by atoms with E-state index in [9.17, 15) is 13.2 Å². The maximum Gasteiger partial charge on any atom is 0.418 e. The van der Waals surface area contributed by atoms with E-state index in [2.05, 4.69) is 15.9 Å². The van der Waals surface area contributed by atoms with Crippen molar-refractivity contribution in [1.82, 2.24) is 0 Å². The lowest BCUT2D eigenvalue weighted by Crippen LogP contribution is -2.35. The largest absolute Gasteiger partial charge is 0.418 e. The Labute approximate surface area is 127 Å². The Morgan fingerprint density at radius 2 is 1.75 bits per heavy atom. The third-order valence-corrected chi connectivity index (χ3v) is 3.66. The fourth-order valence-electron chi connectivity index (χ4n) is 2.12. The first-order chi connectivity index (χ1) is 9.16. The van der Waals surface area contributed by atoms with Crippen LogP contribution in [0, 0.1) is 5.92 Å². The smallest absolute Gasteiger partial charge is 0.368 e. The Balaban J connectivity index is 3.33. The third-order valence-electron chi connectivity index (χ3n) is 3.02. The molecule has 0 saturated carbocycles. The molecule has 1 aromatic rings. The van der Waals surface area contributed by atoms with Gasteiger partial charge in [0, 0.05) is 23.6 Å². The minimum atomic E-state index is -4.34. The minimum absolute atomic E-state index is 0.0216. The number of hydrogen-bond donors (Lipinski definition) is 0. The lowest BCUT2D eigenvalue weighted by molar-refractivity contribution is -0.137. The van der Waals surface area contributed by atoms with E-state index < -0.39 is 11.7 Å². The number of anilines is 1. The zero-order chi connectivity index (χ0) is 15.5. The fraction of sp³-hybridized carbons (Fsp3) is 0.600. The van der Waals surface area contributed by atoms with E-state index in [0.717, 1.165) is 0 Å². The van der Waals surface area contributed by atoms with Gasteiger partial charge >= 0.3 is 6.18 Å². The number of benzene rings is 1. The maximum absolute atomic E-state index is 13.3. The summed E-state index contributed by atoms with van der Waals surface area (Å²) in [6.45, 7) is 8.46. The van der Waals surface area contributed by atoms with Gasteiger partial charge in [-0.3, -0.25) is 0 Å². The van der Waals surface area contributed by atoms with Crippen LogP contribution in [0.3, 0.4) is 0 Å². The summed E-state index contributed by atoms with van der Waals surface area (Å²) in [5.41, 5.74) is 0.351. The monoisotopic (exact) mass is 351 g/mol. The van der Waals surface area contributed by atoms with E-state index in [4.69, 9.17) is 0 Å². The summed E-state index contributed by atoms with van der Waals surface area (Å²) < 4.78 is 39.9. The molecule has 0 aliphatic carbocycles. The van der Waals surface area contributed by atoms with Crippen molar-refractivity contribution >= 4 is 21.6 Å². The summed E-state index contributed by atoms with van der Waals surface area (Å²) in [6.07, 6.45) is -4.34. The van der Waals surface area contributed by atoms with Gasteiger partial charge in [0.2, 0.25) is 0 Å². The molecule has 0 bridgehead atoms. The van der Waals surface area contributed by atoms with E-state index in [0.29, 0.717) is 23.4 Å². The molecule has 0 amide bonds. The van der Waals surface area contributed by atoms with Gasteiger partial charge < -0.3 is 4.90 Å². The first-order valence-corrected chi connectivity index (χ1v) is 7.81. The summed E-state index contributed by atoms with van der Waals surface area (Å²) >= 11 is 3.21. The van der Waals surface area contributed by atoms with Crippen LogP contribution in [-0.2, 0) is 11.5 Å². The van der Waals surface area contributed by atoms with Gasteiger partial charge in [0.1, 0.15) is 0 Å². The van der Waals surface area contributed by atoms with Crippen LogP contribution < -0.4 is 4.90 Å². The molecular formula is C15H21BrF3N. The molecule has 0 fully saturated rings. The van der Waals surface area contributed by atoms with Crippen molar-refractivity contribution in [1.29, 1.82) is 0 Å².